The first kappa shape index (κ1) is 47.8. The molecule has 0 aliphatic rings. The smallest absolute Gasteiger partial charge is 0.201 e. The Hall–Kier alpha value is -1.31. The SMILES string of the molecule is CCCCCCCCCCCCCCCC(=O)C(C)(OC)C(OC)(C(=O)[O-])C(=O)C(CC)CCCCCCCCCCCCCC.[NH4+]. The highest BCUT2D eigenvalue weighted by Crippen LogP contribution is 2.37. The highest BCUT2D eigenvalue weighted by atomic mass is 16.6. The minimum Gasteiger partial charge on any atom is -0.546 e. The van der Waals surface area contributed by atoms with E-state index in [4.69, 9.17) is 9.47 Å². The zero-order valence-electron chi connectivity index (χ0n) is 32.3. The van der Waals surface area contributed by atoms with Crippen molar-refractivity contribution >= 4 is 17.5 Å². The molecule has 0 radical (unpaired) electrons. The van der Waals surface area contributed by atoms with Gasteiger partial charge in [0.15, 0.2) is 17.2 Å². The quantitative estimate of drug-likeness (QED) is 0.0528. The van der Waals surface area contributed by atoms with E-state index in [0.29, 0.717) is 19.3 Å². The molecular formula is C40H79NO6. The lowest BCUT2D eigenvalue weighted by Gasteiger charge is -2.46. The molecule has 0 heterocycles. The molecule has 0 amide bonds. The van der Waals surface area contributed by atoms with Crippen LogP contribution in [0, 0.1) is 5.92 Å². The van der Waals surface area contributed by atoms with Gasteiger partial charge in [-0.15, -0.1) is 0 Å². The molecule has 0 aliphatic carbocycles. The minimum absolute atomic E-state index is 0. The van der Waals surface area contributed by atoms with Crippen molar-refractivity contribution in [3.8, 4) is 0 Å². The number of rotatable bonds is 35. The second kappa shape index (κ2) is 30.7. The molecule has 3 atom stereocenters. The van der Waals surface area contributed by atoms with Gasteiger partial charge >= 0.3 is 0 Å². The lowest BCUT2D eigenvalue weighted by Crippen LogP contribution is -2.72. The number of ketones is 2. The Kier molecular flexibility index (Phi) is 31.3. The number of ether oxygens (including phenoxy) is 2. The van der Waals surface area contributed by atoms with E-state index in [2.05, 4.69) is 13.8 Å². The third kappa shape index (κ3) is 18.3. The molecule has 0 saturated carbocycles. The molecular weight excluding hydrogens is 590 g/mol. The van der Waals surface area contributed by atoms with E-state index < -0.39 is 34.7 Å². The van der Waals surface area contributed by atoms with E-state index in [1.165, 1.54) is 137 Å². The molecule has 0 spiro atoms. The fourth-order valence-electron chi connectivity index (χ4n) is 6.94. The summed E-state index contributed by atoms with van der Waals surface area (Å²) in [6.07, 6.45) is 31.3. The van der Waals surface area contributed by atoms with Gasteiger partial charge in [0.1, 0.15) is 0 Å². The van der Waals surface area contributed by atoms with Crippen molar-refractivity contribution in [2.24, 2.45) is 5.92 Å². The predicted octanol–water partition coefficient (Wildman–Crippen LogP) is 10.6. The molecule has 0 aromatic heterocycles. The maximum atomic E-state index is 13.9. The largest absolute Gasteiger partial charge is 0.546 e. The standard InChI is InChI=1S/C40H76O6.H3N/c1-7-10-12-14-16-18-20-22-24-26-28-30-32-34-36(41)39(4,45-5)40(46-6,38(43)44)37(42)35(9-3)33-31-29-27-25-23-21-19-17-15-13-11-8-2;/h35H,7-34H2,1-6H3,(H,43,44);1H3. The summed E-state index contributed by atoms with van der Waals surface area (Å²) in [5, 5.41) is 12.7. The van der Waals surface area contributed by atoms with Crippen LogP contribution < -0.4 is 11.3 Å². The molecule has 0 rings (SSSR count). The topological polar surface area (TPSA) is 129 Å². The van der Waals surface area contributed by atoms with Gasteiger partial charge in [0, 0.05) is 26.6 Å². The second-order valence-electron chi connectivity index (χ2n) is 14.0. The number of aliphatic carboxylic acids is 1. The average Bonchev–Trinajstić information content (AvgIpc) is 3.05. The van der Waals surface area contributed by atoms with E-state index in [1.54, 1.807) is 0 Å². The van der Waals surface area contributed by atoms with Gasteiger partial charge < -0.3 is 25.5 Å². The summed E-state index contributed by atoms with van der Waals surface area (Å²) < 4.78 is 11.1. The Morgan fingerprint density at radius 1 is 0.553 bits per heavy atom. The van der Waals surface area contributed by atoms with Gasteiger partial charge in [-0.05, 0) is 26.2 Å². The molecule has 0 fully saturated rings. The van der Waals surface area contributed by atoms with Crippen molar-refractivity contribution < 1.29 is 29.0 Å². The van der Waals surface area contributed by atoms with Gasteiger partial charge in [0.25, 0.3) is 0 Å². The van der Waals surface area contributed by atoms with Crippen molar-refractivity contribution in [2.45, 2.75) is 219 Å². The lowest BCUT2D eigenvalue weighted by atomic mass is 9.71. The van der Waals surface area contributed by atoms with Crippen molar-refractivity contribution in [1.82, 2.24) is 6.15 Å². The number of unbranched alkanes of at least 4 members (excludes halogenated alkanes) is 23. The van der Waals surface area contributed by atoms with Gasteiger partial charge in [-0.2, -0.15) is 0 Å². The Balaban J connectivity index is 0. The van der Waals surface area contributed by atoms with E-state index in [1.807, 2.05) is 6.92 Å². The van der Waals surface area contributed by atoms with Crippen LogP contribution in [0.25, 0.3) is 0 Å². The first-order valence-electron chi connectivity index (χ1n) is 19.6. The van der Waals surface area contributed by atoms with E-state index in [0.717, 1.165) is 38.5 Å². The predicted molar refractivity (Wildman–Crippen MR) is 196 cm³/mol. The van der Waals surface area contributed by atoms with Gasteiger partial charge in [-0.25, -0.2) is 0 Å². The van der Waals surface area contributed by atoms with Crippen molar-refractivity contribution in [3.05, 3.63) is 0 Å². The molecule has 0 aromatic rings. The third-order valence-corrected chi connectivity index (χ3v) is 10.3. The Morgan fingerprint density at radius 2 is 0.894 bits per heavy atom. The monoisotopic (exact) mass is 670 g/mol. The maximum Gasteiger partial charge on any atom is 0.201 e. The molecule has 47 heavy (non-hydrogen) atoms. The average molecular weight is 670 g/mol. The van der Waals surface area contributed by atoms with Crippen LogP contribution in [0.15, 0.2) is 0 Å². The zero-order valence-corrected chi connectivity index (χ0v) is 32.3. The summed E-state index contributed by atoms with van der Waals surface area (Å²) in [6.45, 7) is 7.77. The number of methoxy groups -OCH3 is 2. The number of quaternary nitrogens is 1. The minimum atomic E-state index is -2.48. The Morgan fingerprint density at radius 3 is 1.19 bits per heavy atom. The summed E-state index contributed by atoms with van der Waals surface area (Å²) >= 11 is 0. The second-order valence-corrected chi connectivity index (χ2v) is 14.0. The molecule has 0 bridgehead atoms. The van der Waals surface area contributed by atoms with Gasteiger partial charge in [-0.3, -0.25) is 9.59 Å². The number of hydrogen-bond donors (Lipinski definition) is 1. The number of carbonyl (C=O) groups excluding carboxylic acids is 3. The van der Waals surface area contributed by atoms with Crippen molar-refractivity contribution in [1.29, 1.82) is 0 Å². The molecule has 7 heteroatoms. The van der Waals surface area contributed by atoms with E-state index in [-0.39, 0.29) is 12.6 Å². The van der Waals surface area contributed by atoms with Crippen LogP contribution in [-0.4, -0.2) is 43.0 Å². The summed E-state index contributed by atoms with van der Waals surface area (Å²) in [4.78, 5) is 40.2. The number of carboxylic acid groups (broad SMARTS) is 1. The van der Waals surface area contributed by atoms with Crippen molar-refractivity contribution in [2.75, 3.05) is 14.2 Å². The fourth-order valence-corrected chi connectivity index (χ4v) is 6.94. The van der Waals surface area contributed by atoms with Crippen LogP contribution in [0.1, 0.15) is 207 Å². The van der Waals surface area contributed by atoms with Crippen LogP contribution in [0.3, 0.4) is 0 Å². The van der Waals surface area contributed by atoms with E-state index in [9.17, 15) is 19.5 Å². The van der Waals surface area contributed by atoms with Gasteiger partial charge in [-0.1, -0.05) is 175 Å². The summed E-state index contributed by atoms with van der Waals surface area (Å²) in [7, 11) is 2.47. The molecule has 0 saturated heterocycles. The number of Topliss-reactive ketones (excluding diaryl/α,β-unsaturated/α-hetero) is 2. The van der Waals surface area contributed by atoms with Crippen LogP contribution in [0.2, 0.25) is 0 Å². The molecule has 7 nitrogen and oxygen atoms in total. The summed E-state index contributed by atoms with van der Waals surface area (Å²) in [5.74, 6) is -3.27. The Bertz CT molecular complexity index is 774. The number of carboxylic acids is 1. The molecule has 3 unspecified atom stereocenters. The fraction of sp³-hybridized carbons (Fsp3) is 0.925. The lowest BCUT2D eigenvalue weighted by molar-refractivity contribution is -0.332. The molecule has 280 valence electrons. The highest BCUT2D eigenvalue weighted by molar-refractivity contribution is 6.13. The molecule has 0 aliphatic heterocycles. The van der Waals surface area contributed by atoms with Crippen molar-refractivity contribution in [3.63, 3.8) is 0 Å². The third-order valence-electron chi connectivity index (χ3n) is 10.3. The Labute approximate surface area is 291 Å². The highest BCUT2D eigenvalue weighted by Gasteiger charge is 2.61. The normalized spacial score (nSPS) is 14.6. The molecule has 0 aromatic carbocycles. The van der Waals surface area contributed by atoms with Crippen LogP contribution >= 0.6 is 0 Å². The van der Waals surface area contributed by atoms with Gasteiger partial charge in [0.05, 0.1) is 5.97 Å². The van der Waals surface area contributed by atoms with Crippen LogP contribution in [0.4, 0.5) is 0 Å². The zero-order chi connectivity index (χ0) is 34.5. The molecule has 4 N–H and O–H groups in total. The first-order valence-corrected chi connectivity index (χ1v) is 19.6. The van der Waals surface area contributed by atoms with E-state index >= 15 is 0 Å². The summed E-state index contributed by atoms with van der Waals surface area (Å²) in [5.41, 5.74) is -4.44. The maximum absolute atomic E-state index is 13.9. The first-order chi connectivity index (χ1) is 22.2. The van der Waals surface area contributed by atoms with Gasteiger partial charge in [0.2, 0.25) is 5.60 Å². The van der Waals surface area contributed by atoms with Crippen LogP contribution in [-0.2, 0) is 23.9 Å². The van der Waals surface area contributed by atoms with Crippen LogP contribution in [0.5, 0.6) is 0 Å². The summed E-state index contributed by atoms with van der Waals surface area (Å²) in [6, 6.07) is 0. The number of carbonyl (C=O) groups is 3. The number of hydrogen-bond acceptors (Lipinski definition) is 6.